The van der Waals surface area contributed by atoms with Gasteiger partial charge in [-0.15, -0.1) is 0 Å². The summed E-state index contributed by atoms with van der Waals surface area (Å²) in [6, 6.07) is 1.72. The number of nitrogens with zero attached hydrogens (tertiary/aromatic N) is 2. The molecule has 0 radical (unpaired) electrons. The van der Waals surface area contributed by atoms with Gasteiger partial charge in [0.05, 0.1) is 12.2 Å². The van der Waals surface area contributed by atoms with Crippen molar-refractivity contribution in [2.24, 2.45) is 5.92 Å². The first-order valence-corrected chi connectivity index (χ1v) is 8.27. The van der Waals surface area contributed by atoms with Crippen LogP contribution in [0.2, 0.25) is 0 Å². The molecule has 1 fully saturated rings. The van der Waals surface area contributed by atoms with Crippen LogP contribution in [0.15, 0.2) is 10.6 Å². The van der Waals surface area contributed by atoms with Crippen LogP contribution in [0.25, 0.3) is 0 Å². The van der Waals surface area contributed by atoms with E-state index in [0.717, 1.165) is 25.1 Å². The van der Waals surface area contributed by atoms with E-state index in [1.165, 1.54) is 4.31 Å². The lowest BCUT2D eigenvalue weighted by Gasteiger charge is -2.30. The standard InChI is InChI=1S/C12H22N4O3S/c1-10-7-12(19-15-10)9-14-20(17,18)16-5-3-11(4-6-16)8-13-2/h7,11,13-14H,3-6,8-9H2,1-2H3. The van der Waals surface area contributed by atoms with E-state index in [1.54, 1.807) is 13.0 Å². The van der Waals surface area contributed by atoms with E-state index in [-0.39, 0.29) is 6.54 Å². The summed E-state index contributed by atoms with van der Waals surface area (Å²) in [5, 5.41) is 6.87. The Morgan fingerprint density at radius 3 is 2.70 bits per heavy atom. The van der Waals surface area contributed by atoms with Crippen molar-refractivity contribution in [3.8, 4) is 0 Å². The van der Waals surface area contributed by atoms with E-state index in [2.05, 4.69) is 15.2 Å². The maximum Gasteiger partial charge on any atom is 0.279 e. The van der Waals surface area contributed by atoms with Crippen molar-refractivity contribution >= 4 is 10.2 Å². The van der Waals surface area contributed by atoms with Crippen LogP contribution in [0.4, 0.5) is 0 Å². The molecule has 1 aliphatic heterocycles. The Morgan fingerprint density at radius 1 is 1.45 bits per heavy atom. The fourth-order valence-electron chi connectivity index (χ4n) is 2.40. The smallest absolute Gasteiger partial charge is 0.279 e. The van der Waals surface area contributed by atoms with Crippen LogP contribution in [0.1, 0.15) is 24.3 Å². The van der Waals surface area contributed by atoms with Crippen molar-refractivity contribution in [1.29, 1.82) is 0 Å². The van der Waals surface area contributed by atoms with E-state index in [4.69, 9.17) is 4.52 Å². The monoisotopic (exact) mass is 302 g/mol. The Labute approximate surface area is 119 Å². The Bertz CT molecular complexity index is 521. The van der Waals surface area contributed by atoms with E-state index in [0.29, 0.717) is 24.8 Å². The molecule has 2 rings (SSSR count). The summed E-state index contributed by atoms with van der Waals surface area (Å²) in [6.45, 7) is 4.01. The fraction of sp³-hybridized carbons (Fsp3) is 0.750. The molecule has 1 aromatic heterocycles. The normalized spacial score (nSPS) is 18.5. The maximum absolute atomic E-state index is 12.2. The molecular weight excluding hydrogens is 280 g/mol. The first kappa shape index (κ1) is 15.4. The lowest BCUT2D eigenvalue weighted by molar-refractivity contribution is 0.267. The largest absolute Gasteiger partial charge is 0.360 e. The van der Waals surface area contributed by atoms with Crippen LogP contribution in [0, 0.1) is 12.8 Å². The second-order valence-electron chi connectivity index (χ2n) is 5.16. The van der Waals surface area contributed by atoms with Gasteiger partial charge >= 0.3 is 0 Å². The second-order valence-corrected chi connectivity index (χ2v) is 6.92. The van der Waals surface area contributed by atoms with Crippen molar-refractivity contribution < 1.29 is 12.9 Å². The molecule has 0 bridgehead atoms. The molecule has 0 spiro atoms. The predicted molar refractivity (Wildman–Crippen MR) is 75.2 cm³/mol. The molecule has 7 nitrogen and oxygen atoms in total. The number of piperidine rings is 1. The number of aromatic nitrogens is 1. The minimum atomic E-state index is -3.44. The van der Waals surface area contributed by atoms with Gasteiger partial charge in [-0.2, -0.15) is 17.4 Å². The molecule has 1 saturated heterocycles. The van der Waals surface area contributed by atoms with Crippen molar-refractivity contribution in [3.63, 3.8) is 0 Å². The third-order valence-electron chi connectivity index (χ3n) is 3.51. The third kappa shape index (κ3) is 4.02. The number of aryl methyl sites for hydroxylation is 1. The Morgan fingerprint density at radius 2 is 2.15 bits per heavy atom. The second kappa shape index (κ2) is 6.66. The molecule has 0 atom stereocenters. The first-order valence-electron chi connectivity index (χ1n) is 6.83. The minimum Gasteiger partial charge on any atom is -0.360 e. The van der Waals surface area contributed by atoms with Gasteiger partial charge in [0.2, 0.25) is 0 Å². The van der Waals surface area contributed by atoms with Crippen LogP contribution in [0.5, 0.6) is 0 Å². The maximum atomic E-state index is 12.2. The van der Waals surface area contributed by atoms with Crippen LogP contribution in [0.3, 0.4) is 0 Å². The Balaban J connectivity index is 1.85. The minimum absolute atomic E-state index is 0.139. The number of nitrogens with one attached hydrogen (secondary N) is 2. The zero-order valence-corrected chi connectivity index (χ0v) is 12.7. The highest BCUT2D eigenvalue weighted by Crippen LogP contribution is 2.18. The summed E-state index contributed by atoms with van der Waals surface area (Å²) in [5.74, 6) is 1.08. The van der Waals surface area contributed by atoms with E-state index in [1.807, 2.05) is 7.05 Å². The van der Waals surface area contributed by atoms with E-state index >= 15 is 0 Å². The molecule has 20 heavy (non-hydrogen) atoms. The zero-order valence-electron chi connectivity index (χ0n) is 11.9. The van der Waals surface area contributed by atoms with Crippen LogP contribution < -0.4 is 10.0 Å². The molecule has 8 heteroatoms. The molecule has 0 aliphatic carbocycles. The van der Waals surface area contributed by atoms with Gasteiger partial charge in [0, 0.05) is 19.2 Å². The quantitative estimate of drug-likeness (QED) is 0.786. The van der Waals surface area contributed by atoms with Gasteiger partial charge in [-0.05, 0) is 39.3 Å². The molecule has 2 N–H and O–H groups in total. The van der Waals surface area contributed by atoms with Crippen molar-refractivity contribution in [1.82, 2.24) is 19.5 Å². The number of hydrogen-bond acceptors (Lipinski definition) is 5. The van der Waals surface area contributed by atoms with Gasteiger partial charge in [0.25, 0.3) is 10.2 Å². The summed E-state index contributed by atoms with van der Waals surface area (Å²) in [7, 11) is -1.51. The van der Waals surface area contributed by atoms with Crippen molar-refractivity contribution in [2.45, 2.75) is 26.3 Å². The molecule has 2 heterocycles. The van der Waals surface area contributed by atoms with Gasteiger partial charge in [-0.1, -0.05) is 5.16 Å². The Kier molecular flexibility index (Phi) is 5.14. The molecule has 0 unspecified atom stereocenters. The van der Waals surface area contributed by atoms with Gasteiger partial charge in [0.1, 0.15) is 0 Å². The molecule has 0 saturated carbocycles. The van der Waals surface area contributed by atoms with Gasteiger partial charge in [-0.25, -0.2) is 0 Å². The summed E-state index contributed by atoms with van der Waals surface area (Å²) in [5.41, 5.74) is 0.743. The molecule has 1 aromatic rings. The first-order chi connectivity index (χ1) is 9.51. The molecular formula is C12H22N4O3S. The van der Waals surface area contributed by atoms with Crippen molar-refractivity contribution in [2.75, 3.05) is 26.7 Å². The van der Waals surface area contributed by atoms with Crippen LogP contribution in [-0.2, 0) is 16.8 Å². The highest BCUT2D eigenvalue weighted by molar-refractivity contribution is 7.87. The Hall–Kier alpha value is -0.960. The average Bonchev–Trinajstić information content (AvgIpc) is 2.84. The van der Waals surface area contributed by atoms with Gasteiger partial charge < -0.3 is 9.84 Å². The van der Waals surface area contributed by atoms with Crippen LogP contribution >= 0.6 is 0 Å². The summed E-state index contributed by atoms with van der Waals surface area (Å²) in [6.07, 6.45) is 1.78. The van der Waals surface area contributed by atoms with Crippen molar-refractivity contribution in [3.05, 3.63) is 17.5 Å². The van der Waals surface area contributed by atoms with Gasteiger partial charge in [-0.3, -0.25) is 0 Å². The topological polar surface area (TPSA) is 87.5 Å². The molecule has 114 valence electrons. The fourth-order valence-corrected chi connectivity index (χ4v) is 3.59. The summed E-state index contributed by atoms with van der Waals surface area (Å²) >= 11 is 0. The molecule has 0 amide bonds. The number of rotatable bonds is 6. The van der Waals surface area contributed by atoms with Gasteiger partial charge in [0.15, 0.2) is 5.76 Å². The highest BCUT2D eigenvalue weighted by atomic mass is 32.2. The van der Waals surface area contributed by atoms with E-state index < -0.39 is 10.2 Å². The summed E-state index contributed by atoms with van der Waals surface area (Å²) in [4.78, 5) is 0. The predicted octanol–water partition coefficient (Wildman–Crippen LogP) is 0.249. The van der Waals surface area contributed by atoms with E-state index in [9.17, 15) is 8.42 Å². The molecule has 0 aromatic carbocycles. The zero-order chi connectivity index (χ0) is 14.6. The number of hydrogen-bond donors (Lipinski definition) is 2. The molecule has 1 aliphatic rings. The summed E-state index contributed by atoms with van der Waals surface area (Å²) < 4.78 is 33.4. The lowest BCUT2D eigenvalue weighted by Crippen LogP contribution is -2.45. The SMILES string of the molecule is CNCC1CCN(S(=O)(=O)NCc2cc(C)no2)CC1. The van der Waals surface area contributed by atoms with Crippen LogP contribution in [-0.4, -0.2) is 44.6 Å². The third-order valence-corrected chi connectivity index (χ3v) is 5.07. The average molecular weight is 302 g/mol. The highest BCUT2D eigenvalue weighted by Gasteiger charge is 2.27. The lowest BCUT2D eigenvalue weighted by atomic mass is 9.98.